The van der Waals surface area contributed by atoms with Crippen molar-refractivity contribution in [1.82, 2.24) is 9.88 Å². The van der Waals surface area contributed by atoms with Crippen molar-refractivity contribution >= 4 is 11.6 Å². The Morgan fingerprint density at radius 3 is 2.95 bits per heavy atom. The number of pyridine rings is 1. The fourth-order valence-electron chi connectivity index (χ4n) is 1.72. The molecule has 1 heterocycles. The molecule has 1 aromatic rings. The van der Waals surface area contributed by atoms with Crippen molar-refractivity contribution in [3.05, 3.63) is 24.0 Å². The monoisotopic (exact) mass is 265 g/mol. The molecule has 0 bridgehead atoms. The SMILES string of the molecule is CCCNc1ccncc1C(=O)N(C)C(C)COC. The van der Waals surface area contributed by atoms with Gasteiger partial charge in [-0.25, -0.2) is 0 Å². The van der Waals surface area contributed by atoms with Gasteiger partial charge in [-0.05, 0) is 19.4 Å². The number of anilines is 1. The second-order valence-electron chi connectivity index (χ2n) is 4.57. The van der Waals surface area contributed by atoms with Crippen LogP contribution in [0.4, 0.5) is 5.69 Å². The number of nitrogens with zero attached hydrogens (tertiary/aromatic N) is 2. The highest BCUT2D eigenvalue weighted by molar-refractivity contribution is 5.99. The van der Waals surface area contributed by atoms with E-state index < -0.39 is 0 Å². The molecule has 0 radical (unpaired) electrons. The van der Waals surface area contributed by atoms with E-state index in [0.29, 0.717) is 12.2 Å². The maximum atomic E-state index is 12.4. The average Bonchev–Trinajstić information content (AvgIpc) is 2.44. The molecule has 0 spiro atoms. The minimum atomic E-state index is -0.0451. The molecule has 0 saturated heterocycles. The molecule has 5 heteroatoms. The molecule has 0 fully saturated rings. The van der Waals surface area contributed by atoms with Crippen LogP contribution < -0.4 is 5.32 Å². The van der Waals surface area contributed by atoms with Gasteiger partial charge in [0.1, 0.15) is 0 Å². The van der Waals surface area contributed by atoms with Gasteiger partial charge in [0, 0.05) is 33.1 Å². The summed E-state index contributed by atoms with van der Waals surface area (Å²) in [5.41, 5.74) is 1.43. The van der Waals surface area contributed by atoms with Crippen LogP contribution in [-0.2, 0) is 4.74 Å². The molecular formula is C14H23N3O2. The lowest BCUT2D eigenvalue weighted by Crippen LogP contribution is -2.38. The van der Waals surface area contributed by atoms with Gasteiger partial charge >= 0.3 is 0 Å². The number of aromatic nitrogens is 1. The number of carbonyl (C=O) groups is 1. The summed E-state index contributed by atoms with van der Waals surface area (Å²) >= 11 is 0. The maximum Gasteiger partial charge on any atom is 0.257 e. The van der Waals surface area contributed by atoms with Crippen molar-refractivity contribution in [3.8, 4) is 0 Å². The Morgan fingerprint density at radius 1 is 1.58 bits per heavy atom. The van der Waals surface area contributed by atoms with Crippen LogP contribution in [0.2, 0.25) is 0 Å². The van der Waals surface area contributed by atoms with Crippen molar-refractivity contribution in [2.75, 3.05) is 32.6 Å². The lowest BCUT2D eigenvalue weighted by atomic mass is 10.2. The van der Waals surface area contributed by atoms with Gasteiger partial charge in [-0.2, -0.15) is 0 Å². The van der Waals surface area contributed by atoms with Crippen molar-refractivity contribution in [3.63, 3.8) is 0 Å². The summed E-state index contributed by atoms with van der Waals surface area (Å²) in [6.07, 6.45) is 4.30. The molecule has 1 unspecified atom stereocenters. The van der Waals surface area contributed by atoms with Crippen LogP contribution >= 0.6 is 0 Å². The Morgan fingerprint density at radius 2 is 2.32 bits per heavy atom. The number of hydrogen-bond donors (Lipinski definition) is 1. The third-order valence-corrected chi connectivity index (χ3v) is 3.01. The molecule has 19 heavy (non-hydrogen) atoms. The van der Waals surface area contributed by atoms with E-state index in [1.807, 2.05) is 13.0 Å². The summed E-state index contributed by atoms with van der Waals surface area (Å²) in [6, 6.07) is 1.86. The van der Waals surface area contributed by atoms with Gasteiger partial charge in [-0.15, -0.1) is 0 Å². The Balaban J connectivity index is 2.86. The van der Waals surface area contributed by atoms with Crippen LogP contribution in [-0.4, -0.2) is 49.1 Å². The number of methoxy groups -OCH3 is 1. The highest BCUT2D eigenvalue weighted by atomic mass is 16.5. The predicted octanol–water partition coefficient (Wildman–Crippen LogP) is 2.01. The molecule has 0 aromatic carbocycles. The Kier molecular flexibility index (Phi) is 6.29. The zero-order valence-electron chi connectivity index (χ0n) is 12.1. The van der Waals surface area contributed by atoms with Gasteiger partial charge in [0.15, 0.2) is 0 Å². The average molecular weight is 265 g/mol. The molecule has 1 N–H and O–H groups in total. The second kappa shape index (κ2) is 7.74. The molecule has 0 aliphatic heterocycles. The molecule has 1 rings (SSSR count). The molecule has 1 aromatic heterocycles. The fourth-order valence-corrected chi connectivity index (χ4v) is 1.72. The van der Waals surface area contributed by atoms with Crippen molar-refractivity contribution in [1.29, 1.82) is 0 Å². The molecule has 1 amide bonds. The number of rotatable bonds is 7. The van der Waals surface area contributed by atoms with Gasteiger partial charge in [0.25, 0.3) is 5.91 Å². The first kappa shape index (κ1) is 15.4. The van der Waals surface area contributed by atoms with E-state index in [-0.39, 0.29) is 11.9 Å². The predicted molar refractivity (Wildman–Crippen MR) is 76.4 cm³/mol. The van der Waals surface area contributed by atoms with E-state index in [1.165, 1.54) is 0 Å². The summed E-state index contributed by atoms with van der Waals surface area (Å²) in [4.78, 5) is 18.2. The lowest BCUT2D eigenvalue weighted by molar-refractivity contribution is 0.0634. The van der Waals surface area contributed by atoms with E-state index in [9.17, 15) is 4.79 Å². The van der Waals surface area contributed by atoms with Crippen molar-refractivity contribution in [2.24, 2.45) is 0 Å². The number of hydrogen-bond acceptors (Lipinski definition) is 4. The summed E-state index contributed by atoms with van der Waals surface area (Å²) in [5.74, 6) is -0.0451. The third kappa shape index (κ3) is 4.21. The van der Waals surface area contributed by atoms with Crippen molar-refractivity contribution < 1.29 is 9.53 Å². The number of amides is 1. The maximum absolute atomic E-state index is 12.4. The molecular weight excluding hydrogens is 242 g/mol. The molecule has 5 nitrogen and oxygen atoms in total. The zero-order valence-corrected chi connectivity index (χ0v) is 12.1. The van der Waals surface area contributed by atoms with Crippen LogP contribution in [0.1, 0.15) is 30.6 Å². The Hall–Kier alpha value is -1.62. The van der Waals surface area contributed by atoms with Gasteiger partial charge in [0.2, 0.25) is 0 Å². The van der Waals surface area contributed by atoms with Gasteiger partial charge in [-0.1, -0.05) is 6.92 Å². The first-order valence-electron chi connectivity index (χ1n) is 6.55. The normalized spacial score (nSPS) is 12.0. The second-order valence-corrected chi connectivity index (χ2v) is 4.57. The van der Waals surface area contributed by atoms with E-state index in [2.05, 4.69) is 17.2 Å². The van der Waals surface area contributed by atoms with E-state index in [0.717, 1.165) is 18.7 Å². The summed E-state index contributed by atoms with van der Waals surface area (Å²) < 4.78 is 5.08. The van der Waals surface area contributed by atoms with Crippen LogP contribution in [0.15, 0.2) is 18.5 Å². The number of ether oxygens (including phenoxy) is 1. The Labute approximate surface area is 115 Å². The summed E-state index contributed by atoms with van der Waals surface area (Å²) in [7, 11) is 3.41. The van der Waals surface area contributed by atoms with Gasteiger partial charge < -0.3 is 15.0 Å². The Bertz CT molecular complexity index is 409. The van der Waals surface area contributed by atoms with Crippen LogP contribution in [0.5, 0.6) is 0 Å². The summed E-state index contributed by atoms with van der Waals surface area (Å²) in [6.45, 7) is 5.39. The van der Waals surface area contributed by atoms with Crippen LogP contribution in [0, 0.1) is 0 Å². The number of nitrogens with one attached hydrogen (secondary N) is 1. The molecule has 0 aliphatic rings. The first-order chi connectivity index (χ1) is 9.11. The van der Waals surface area contributed by atoms with E-state index in [4.69, 9.17) is 4.74 Å². The van der Waals surface area contributed by atoms with E-state index >= 15 is 0 Å². The van der Waals surface area contributed by atoms with E-state index in [1.54, 1.807) is 31.5 Å². The van der Waals surface area contributed by atoms with Crippen LogP contribution in [0.3, 0.4) is 0 Å². The van der Waals surface area contributed by atoms with Crippen molar-refractivity contribution in [2.45, 2.75) is 26.3 Å². The molecule has 0 aliphatic carbocycles. The largest absolute Gasteiger partial charge is 0.384 e. The topological polar surface area (TPSA) is 54.5 Å². The highest BCUT2D eigenvalue weighted by Gasteiger charge is 2.20. The standard InChI is InChI=1S/C14H23N3O2/c1-5-7-16-13-6-8-15-9-12(13)14(18)17(3)11(2)10-19-4/h6,8-9,11H,5,7,10H2,1-4H3,(H,15,16). The summed E-state index contributed by atoms with van der Waals surface area (Å²) in [5, 5.41) is 3.25. The third-order valence-electron chi connectivity index (χ3n) is 3.01. The molecule has 106 valence electrons. The smallest absolute Gasteiger partial charge is 0.257 e. The molecule has 0 saturated carbocycles. The van der Waals surface area contributed by atoms with Gasteiger partial charge in [0.05, 0.1) is 23.9 Å². The molecule has 1 atom stereocenters. The first-order valence-corrected chi connectivity index (χ1v) is 6.55. The minimum Gasteiger partial charge on any atom is -0.384 e. The van der Waals surface area contributed by atoms with Gasteiger partial charge in [-0.3, -0.25) is 9.78 Å². The quantitative estimate of drug-likeness (QED) is 0.819. The lowest BCUT2D eigenvalue weighted by Gasteiger charge is -2.25. The number of carbonyl (C=O) groups excluding carboxylic acids is 1. The minimum absolute atomic E-state index is 0.0248. The fraction of sp³-hybridized carbons (Fsp3) is 0.571. The number of likely N-dealkylation sites (N-methyl/N-ethyl adjacent to an activating group) is 1. The highest BCUT2D eigenvalue weighted by Crippen LogP contribution is 2.16. The van der Waals surface area contributed by atoms with Crippen LogP contribution in [0.25, 0.3) is 0 Å². The zero-order chi connectivity index (χ0) is 14.3.